The van der Waals surface area contributed by atoms with Gasteiger partial charge in [0.05, 0.1) is 24.8 Å². The SMILES string of the molecule is Cc1ccc2c(c1)C(=O)N[C@H](Cc1ccccc1)C(=O)N[C@H](C)C(=O)N[C@H](CC(C)C)C(=O)NCc1cn(nn1)CCO2. The van der Waals surface area contributed by atoms with Gasteiger partial charge in [0.15, 0.2) is 0 Å². The first-order valence-corrected chi connectivity index (χ1v) is 14.4. The van der Waals surface area contributed by atoms with Gasteiger partial charge in [0.2, 0.25) is 17.7 Å². The molecule has 12 heteroatoms. The lowest BCUT2D eigenvalue weighted by molar-refractivity contribution is -0.132. The van der Waals surface area contributed by atoms with Gasteiger partial charge in [-0.15, -0.1) is 5.10 Å². The monoisotopic (exact) mass is 589 g/mol. The summed E-state index contributed by atoms with van der Waals surface area (Å²) in [4.78, 5) is 53.3. The van der Waals surface area contributed by atoms with E-state index in [9.17, 15) is 19.2 Å². The van der Waals surface area contributed by atoms with Crippen LogP contribution in [0.2, 0.25) is 0 Å². The van der Waals surface area contributed by atoms with E-state index in [0.29, 0.717) is 24.4 Å². The summed E-state index contributed by atoms with van der Waals surface area (Å²) in [5.41, 5.74) is 2.50. The minimum absolute atomic E-state index is 0.115. The van der Waals surface area contributed by atoms with E-state index in [4.69, 9.17) is 4.74 Å². The Labute approximate surface area is 250 Å². The van der Waals surface area contributed by atoms with Gasteiger partial charge in [0, 0.05) is 6.42 Å². The second-order valence-corrected chi connectivity index (χ2v) is 11.2. The molecule has 228 valence electrons. The van der Waals surface area contributed by atoms with Gasteiger partial charge < -0.3 is 26.0 Å². The van der Waals surface area contributed by atoms with E-state index in [-0.39, 0.29) is 37.0 Å². The Morgan fingerprint density at radius 2 is 1.72 bits per heavy atom. The molecule has 0 saturated heterocycles. The average Bonchev–Trinajstić information content (AvgIpc) is 3.43. The number of nitrogens with zero attached hydrogens (tertiary/aromatic N) is 3. The van der Waals surface area contributed by atoms with Gasteiger partial charge in [-0.05, 0) is 43.9 Å². The van der Waals surface area contributed by atoms with Crippen molar-refractivity contribution in [3.8, 4) is 5.75 Å². The van der Waals surface area contributed by atoms with Crippen molar-refractivity contribution >= 4 is 23.6 Å². The Morgan fingerprint density at radius 1 is 0.953 bits per heavy atom. The third kappa shape index (κ3) is 8.87. The fourth-order valence-electron chi connectivity index (χ4n) is 4.70. The second kappa shape index (κ2) is 14.4. The predicted molar refractivity (Wildman–Crippen MR) is 159 cm³/mol. The maximum absolute atomic E-state index is 13.6. The van der Waals surface area contributed by atoms with Crippen LogP contribution in [0.25, 0.3) is 0 Å². The summed E-state index contributed by atoms with van der Waals surface area (Å²) in [6.45, 7) is 7.97. The minimum Gasteiger partial charge on any atom is -0.491 e. The van der Waals surface area contributed by atoms with Crippen molar-refractivity contribution < 1.29 is 23.9 Å². The molecule has 4 amide bonds. The zero-order chi connectivity index (χ0) is 30.9. The quantitative estimate of drug-likeness (QED) is 0.361. The zero-order valence-corrected chi connectivity index (χ0v) is 24.9. The van der Waals surface area contributed by atoms with E-state index in [2.05, 4.69) is 31.6 Å². The molecular weight excluding hydrogens is 550 g/mol. The Morgan fingerprint density at radius 3 is 2.47 bits per heavy atom. The third-order valence-corrected chi connectivity index (χ3v) is 6.98. The third-order valence-electron chi connectivity index (χ3n) is 6.98. The average molecular weight is 590 g/mol. The van der Waals surface area contributed by atoms with Crippen LogP contribution in [0.5, 0.6) is 5.75 Å². The number of nitrogens with one attached hydrogen (secondary N) is 4. The summed E-state index contributed by atoms with van der Waals surface area (Å²) >= 11 is 0. The Bertz CT molecular complexity index is 1440. The first kappa shape index (κ1) is 31.2. The van der Waals surface area contributed by atoms with Gasteiger partial charge in [0.1, 0.15) is 36.2 Å². The van der Waals surface area contributed by atoms with E-state index in [0.717, 1.165) is 11.1 Å². The molecule has 0 radical (unpaired) electrons. The maximum Gasteiger partial charge on any atom is 0.255 e. The Balaban J connectivity index is 1.64. The molecule has 0 aliphatic carbocycles. The smallest absolute Gasteiger partial charge is 0.255 e. The Kier molecular flexibility index (Phi) is 10.5. The molecule has 0 saturated carbocycles. The first-order valence-electron chi connectivity index (χ1n) is 14.4. The van der Waals surface area contributed by atoms with Crippen LogP contribution in [0, 0.1) is 12.8 Å². The Hall–Kier alpha value is -4.74. The highest BCUT2D eigenvalue weighted by molar-refractivity contribution is 6.00. The van der Waals surface area contributed by atoms with Gasteiger partial charge in [-0.25, -0.2) is 4.68 Å². The number of carbonyl (C=O) groups is 4. The highest BCUT2D eigenvalue weighted by Crippen LogP contribution is 2.21. The highest BCUT2D eigenvalue weighted by atomic mass is 16.5. The molecule has 4 rings (SSSR count). The molecule has 1 aromatic heterocycles. The van der Waals surface area contributed by atoms with Crippen LogP contribution in [0.4, 0.5) is 0 Å². The minimum atomic E-state index is -0.993. The van der Waals surface area contributed by atoms with Crippen molar-refractivity contribution in [2.75, 3.05) is 6.61 Å². The van der Waals surface area contributed by atoms with Gasteiger partial charge in [-0.3, -0.25) is 19.2 Å². The molecule has 4 N–H and O–H groups in total. The standard InChI is InChI=1S/C31H39N7O5/c1-19(2)14-25-30(41)32-17-23-18-38(37-36-23)12-13-43-27-11-10-20(3)15-24(27)29(40)35-26(16-22-8-6-5-7-9-22)31(42)33-21(4)28(39)34-25/h5-11,15,18-19,21,25-26H,12-14,16-17H2,1-4H3,(H,32,41)(H,33,42)(H,34,39)(H,35,40)/t21-,25-,26-/m1/s1. The summed E-state index contributed by atoms with van der Waals surface area (Å²) < 4.78 is 7.55. The molecule has 12 nitrogen and oxygen atoms in total. The van der Waals surface area contributed by atoms with Crippen molar-refractivity contribution in [3.05, 3.63) is 77.1 Å². The molecule has 1 aliphatic rings. The van der Waals surface area contributed by atoms with Crippen LogP contribution in [-0.2, 0) is 33.9 Å². The number of hydrogen-bond donors (Lipinski definition) is 4. The zero-order valence-electron chi connectivity index (χ0n) is 24.9. The van der Waals surface area contributed by atoms with Gasteiger partial charge in [0.25, 0.3) is 5.91 Å². The van der Waals surface area contributed by atoms with Crippen molar-refractivity contribution in [1.29, 1.82) is 0 Å². The van der Waals surface area contributed by atoms with E-state index in [1.807, 2.05) is 57.2 Å². The number of benzene rings is 2. The molecule has 0 fully saturated rings. The van der Waals surface area contributed by atoms with Crippen LogP contribution < -0.4 is 26.0 Å². The summed E-state index contributed by atoms with van der Waals surface area (Å²) in [5.74, 6) is -1.44. The molecule has 1 aliphatic heterocycles. The van der Waals surface area contributed by atoms with Crippen LogP contribution in [0.1, 0.15) is 54.4 Å². The lowest BCUT2D eigenvalue weighted by Gasteiger charge is -2.24. The van der Waals surface area contributed by atoms with E-state index in [1.165, 1.54) is 6.92 Å². The molecular formula is C31H39N7O5. The molecule has 3 aromatic rings. The number of hydrogen-bond acceptors (Lipinski definition) is 7. The van der Waals surface area contributed by atoms with Gasteiger partial charge in [-0.2, -0.15) is 0 Å². The lowest BCUT2D eigenvalue weighted by Crippen LogP contribution is -2.56. The molecule has 0 spiro atoms. The number of ether oxygens (including phenoxy) is 1. The summed E-state index contributed by atoms with van der Waals surface area (Å²) in [5, 5.41) is 19.4. The number of aromatic nitrogens is 3. The van der Waals surface area contributed by atoms with Crippen molar-refractivity contribution in [1.82, 2.24) is 36.3 Å². The fourth-order valence-corrected chi connectivity index (χ4v) is 4.70. The van der Waals surface area contributed by atoms with Crippen molar-refractivity contribution in [2.24, 2.45) is 5.92 Å². The van der Waals surface area contributed by atoms with E-state index < -0.39 is 35.8 Å². The van der Waals surface area contributed by atoms with Crippen molar-refractivity contribution in [3.63, 3.8) is 0 Å². The number of rotatable bonds is 4. The fraction of sp³-hybridized carbons (Fsp3) is 0.419. The van der Waals surface area contributed by atoms with Crippen LogP contribution in [0.15, 0.2) is 54.7 Å². The first-order chi connectivity index (χ1) is 20.6. The molecule has 2 heterocycles. The second-order valence-electron chi connectivity index (χ2n) is 11.2. The lowest BCUT2D eigenvalue weighted by atomic mass is 10.0. The highest BCUT2D eigenvalue weighted by Gasteiger charge is 2.29. The number of amides is 4. The van der Waals surface area contributed by atoms with Crippen LogP contribution in [0.3, 0.4) is 0 Å². The largest absolute Gasteiger partial charge is 0.491 e. The van der Waals surface area contributed by atoms with Gasteiger partial charge >= 0.3 is 0 Å². The summed E-state index contributed by atoms with van der Waals surface area (Å²) in [7, 11) is 0. The van der Waals surface area contributed by atoms with Crippen LogP contribution >= 0.6 is 0 Å². The molecule has 43 heavy (non-hydrogen) atoms. The number of carbonyl (C=O) groups excluding carboxylic acids is 4. The summed E-state index contributed by atoms with van der Waals surface area (Å²) in [6, 6.07) is 11.7. The molecule has 3 atom stereocenters. The predicted octanol–water partition coefficient (Wildman–Crippen LogP) is 1.67. The van der Waals surface area contributed by atoms with Gasteiger partial charge in [-0.1, -0.05) is 61.0 Å². The van der Waals surface area contributed by atoms with Crippen LogP contribution in [-0.4, -0.2) is 63.4 Å². The maximum atomic E-state index is 13.6. The van der Waals surface area contributed by atoms with Crippen molar-refractivity contribution in [2.45, 2.75) is 71.8 Å². The summed E-state index contributed by atoms with van der Waals surface area (Å²) in [6.07, 6.45) is 2.29. The molecule has 2 aromatic carbocycles. The number of fused-ring (bicyclic) bond motifs is 3. The number of aryl methyl sites for hydroxylation is 1. The van der Waals surface area contributed by atoms with E-state index in [1.54, 1.807) is 23.0 Å². The van der Waals surface area contributed by atoms with E-state index >= 15 is 0 Å². The topological polar surface area (TPSA) is 156 Å². The normalized spacial score (nSPS) is 20.6. The molecule has 0 unspecified atom stereocenters. The molecule has 2 bridgehead atoms.